The van der Waals surface area contributed by atoms with E-state index in [4.69, 9.17) is 27.9 Å². The monoisotopic (exact) mass is 510 g/mol. The van der Waals surface area contributed by atoms with Gasteiger partial charge in [0.05, 0.1) is 18.8 Å². The molecule has 0 aliphatic heterocycles. The van der Waals surface area contributed by atoms with Crippen molar-refractivity contribution in [3.05, 3.63) is 76.2 Å². The number of benzene rings is 1. The summed E-state index contributed by atoms with van der Waals surface area (Å²) in [5, 5.41) is 6.60. The number of anilines is 2. The van der Waals surface area contributed by atoms with Crippen molar-refractivity contribution >= 4 is 46.7 Å². The Bertz CT molecular complexity index is 1160. The SMILES string of the molecule is O=C(NC[C@@H](F)C(=O)Nc1c(Cl)nc(Cl)nc1NCc1ncccc1F)OCc1ccccc1. The van der Waals surface area contributed by atoms with Crippen LogP contribution >= 0.6 is 23.2 Å². The minimum atomic E-state index is -2.16. The first-order valence-electron chi connectivity index (χ1n) is 9.79. The molecular formula is C21H18Cl2F2N6O3. The summed E-state index contributed by atoms with van der Waals surface area (Å²) < 4.78 is 33.2. The normalized spacial score (nSPS) is 11.4. The Morgan fingerprint density at radius 1 is 1.09 bits per heavy atom. The average Bonchev–Trinajstić information content (AvgIpc) is 2.83. The lowest BCUT2D eigenvalue weighted by Gasteiger charge is -2.15. The second-order valence-electron chi connectivity index (χ2n) is 6.69. The summed E-state index contributed by atoms with van der Waals surface area (Å²) in [6, 6.07) is 11.5. The molecule has 1 aromatic carbocycles. The number of rotatable bonds is 9. The highest BCUT2D eigenvalue weighted by atomic mass is 35.5. The van der Waals surface area contributed by atoms with E-state index in [-0.39, 0.29) is 40.8 Å². The molecule has 0 unspecified atom stereocenters. The zero-order chi connectivity index (χ0) is 24.5. The summed E-state index contributed by atoms with van der Waals surface area (Å²) in [4.78, 5) is 35.6. The number of pyridine rings is 1. The Balaban J connectivity index is 1.57. The summed E-state index contributed by atoms with van der Waals surface area (Å²) in [5.41, 5.74) is 0.629. The van der Waals surface area contributed by atoms with Gasteiger partial charge in [0.2, 0.25) is 5.28 Å². The number of carbonyl (C=O) groups excluding carboxylic acids is 2. The van der Waals surface area contributed by atoms with E-state index < -0.39 is 30.5 Å². The molecule has 0 saturated heterocycles. The minimum absolute atomic E-state index is 0.0144. The molecule has 0 aliphatic carbocycles. The smallest absolute Gasteiger partial charge is 0.407 e. The van der Waals surface area contributed by atoms with Crippen LogP contribution in [-0.2, 0) is 22.7 Å². The second-order valence-corrected chi connectivity index (χ2v) is 7.39. The molecule has 0 aliphatic rings. The maximum absolute atomic E-state index is 14.4. The van der Waals surface area contributed by atoms with Crippen molar-refractivity contribution in [3.63, 3.8) is 0 Å². The van der Waals surface area contributed by atoms with E-state index >= 15 is 0 Å². The number of nitrogens with zero attached hydrogens (tertiary/aromatic N) is 3. The third-order valence-corrected chi connectivity index (χ3v) is 4.71. The van der Waals surface area contributed by atoms with Crippen LogP contribution in [0.4, 0.5) is 25.1 Å². The van der Waals surface area contributed by atoms with E-state index in [2.05, 4.69) is 30.9 Å². The van der Waals surface area contributed by atoms with E-state index in [0.717, 1.165) is 5.56 Å². The molecule has 3 aromatic rings. The number of carbonyl (C=O) groups is 2. The highest BCUT2D eigenvalue weighted by molar-refractivity contribution is 6.34. The van der Waals surface area contributed by atoms with E-state index in [1.54, 1.807) is 24.3 Å². The number of nitrogens with one attached hydrogen (secondary N) is 3. The molecule has 0 bridgehead atoms. The van der Waals surface area contributed by atoms with Gasteiger partial charge < -0.3 is 20.7 Å². The van der Waals surface area contributed by atoms with Gasteiger partial charge in [0, 0.05) is 6.20 Å². The van der Waals surface area contributed by atoms with Crippen LogP contribution in [0.3, 0.4) is 0 Å². The van der Waals surface area contributed by atoms with E-state index in [9.17, 15) is 18.4 Å². The molecule has 2 amide bonds. The average molecular weight is 511 g/mol. The van der Waals surface area contributed by atoms with Crippen molar-refractivity contribution in [2.45, 2.75) is 19.3 Å². The van der Waals surface area contributed by atoms with Gasteiger partial charge in [-0.25, -0.2) is 18.6 Å². The third-order valence-electron chi connectivity index (χ3n) is 4.27. The molecule has 1 atom stereocenters. The predicted molar refractivity (Wildman–Crippen MR) is 122 cm³/mol. The number of ether oxygens (including phenoxy) is 1. The lowest BCUT2D eigenvalue weighted by atomic mass is 10.2. The largest absolute Gasteiger partial charge is 0.445 e. The zero-order valence-corrected chi connectivity index (χ0v) is 18.9. The van der Waals surface area contributed by atoms with Crippen LogP contribution in [0.5, 0.6) is 0 Å². The number of amides is 2. The maximum Gasteiger partial charge on any atom is 0.407 e. The van der Waals surface area contributed by atoms with Crippen molar-refractivity contribution in [2.75, 3.05) is 17.2 Å². The van der Waals surface area contributed by atoms with Crippen LogP contribution in [0.25, 0.3) is 0 Å². The van der Waals surface area contributed by atoms with Crippen molar-refractivity contribution in [1.82, 2.24) is 20.3 Å². The number of alkyl halides is 1. The summed E-state index contributed by atoms with van der Waals surface area (Å²) in [5.74, 6) is -1.78. The first kappa shape index (κ1) is 25.1. The molecule has 13 heteroatoms. The summed E-state index contributed by atoms with van der Waals surface area (Å²) in [7, 11) is 0. The van der Waals surface area contributed by atoms with Crippen LogP contribution in [0.2, 0.25) is 10.4 Å². The Morgan fingerprint density at radius 3 is 2.59 bits per heavy atom. The van der Waals surface area contributed by atoms with Crippen LogP contribution in [0, 0.1) is 5.82 Å². The van der Waals surface area contributed by atoms with Gasteiger partial charge in [-0.05, 0) is 29.3 Å². The molecule has 2 aromatic heterocycles. The number of aromatic nitrogens is 3. The number of halogens is 4. The number of alkyl carbamates (subject to hydrolysis) is 1. The van der Waals surface area contributed by atoms with Crippen molar-refractivity contribution in [3.8, 4) is 0 Å². The molecule has 0 radical (unpaired) electrons. The molecule has 3 N–H and O–H groups in total. The molecule has 0 fully saturated rings. The fourth-order valence-corrected chi connectivity index (χ4v) is 3.03. The minimum Gasteiger partial charge on any atom is -0.445 e. The fraction of sp³-hybridized carbons (Fsp3) is 0.190. The van der Waals surface area contributed by atoms with Crippen LogP contribution < -0.4 is 16.0 Å². The number of hydrogen-bond donors (Lipinski definition) is 3. The van der Waals surface area contributed by atoms with Gasteiger partial charge in [-0.3, -0.25) is 9.78 Å². The van der Waals surface area contributed by atoms with Crippen molar-refractivity contribution < 1.29 is 23.1 Å². The topological polar surface area (TPSA) is 118 Å². The van der Waals surface area contributed by atoms with Crippen LogP contribution in [-0.4, -0.2) is 39.7 Å². The molecule has 2 heterocycles. The maximum atomic E-state index is 14.4. The lowest BCUT2D eigenvalue weighted by molar-refractivity contribution is -0.120. The van der Waals surface area contributed by atoms with E-state index in [1.807, 2.05) is 6.07 Å². The van der Waals surface area contributed by atoms with E-state index in [1.165, 1.54) is 18.3 Å². The lowest BCUT2D eigenvalue weighted by Crippen LogP contribution is -2.37. The first-order valence-corrected chi connectivity index (χ1v) is 10.5. The standard InChI is InChI=1S/C21H18Cl2F2N6O3/c22-17-16(18(31-20(23)30-17)27-10-15-13(24)7-4-8-26-15)29-19(32)14(25)9-28-21(33)34-11-12-5-2-1-3-6-12/h1-8,14H,9-11H2,(H,28,33)(H,29,32)(H,27,30,31)/t14-/m1/s1. The van der Waals surface area contributed by atoms with Gasteiger partial charge in [-0.15, -0.1) is 0 Å². The highest BCUT2D eigenvalue weighted by Gasteiger charge is 2.23. The Morgan fingerprint density at radius 2 is 1.85 bits per heavy atom. The summed E-state index contributed by atoms with van der Waals surface area (Å²) in [6.07, 6.45) is -1.65. The zero-order valence-electron chi connectivity index (χ0n) is 17.4. The summed E-state index contributed by atoms with van der Waals surface area (Å²) in [6.45, 7) is -0.806. The van der Waals surface area contributed by atoms with Crippen LogP contribution in [0.1, 0.15) is 11.3 Å². The van der Waals surface area contributed by atoms with Crippen molar-refractivity contribution in [2.24, 2.45) is 0 Å². The van der Waals surface area contributed by atoms with Crippen LogP contribution in [0.15, 0.2) is 48.7 Å². The predicted octanol–water partition coefficient (Wildman–Crippen LogP) is 4.13. The van der Waals surface area contributed by atoms with E-state index in [0.29, 0.717) is 0 Å². The Labute approximate surface area is 202 Å². The Hall–Kier alpha value is -3.57. The van der Waals surface area contributed by atoms with Gasteiger partial charge >= 0.3 is 6.09 Å². The second kappa shape index (κ2) is 12.1. The highest BCUT2D eigenvalue weighted by Crippen LogP contribution is 2.29. The Kier molecular flexibility index (Phi) is 8.88. The molecule has 0 spiro atoms. The first-order chi connectivity index (χ1) is 16.3. The van der Waals surface area contributed by atoms with Gasteiger partial charge in [-0.1, -0.05) is 41.9 Å². The molecule has 178 valence electrons. The third kappa shape index (κ3) is 7.22. The van der Waals surface area contributed by atoms with Gasteiger partial charge in [0.25, 0.3) is 5.91 Å². The van der Waals surface area contributed by atoms with Gasteiger partial charge in [0.1, 0.15) is 18.1 Å². The quantitative estimate of drug-likeness (QED) is 0.292. The molecule has 9 nitrogen and oxygen atoms in total. The fourth-order valence-electron chi connectivity index (χ4n) is 2.60. The molecule has 3 rings (SSSR count). The van der Waals surface area contributed by atoms with Gasteiger partial charge in [0.15, 0.2) is 17.1 Å². The van der Waals surface area contributed by atoms with Crippen molar-refractivity contribution in [1.29, 1.82) is 0 Å². The number of hydrogen-bond acceptors (Lipinski definition) is 7. The van der Waals surface area contributed by atoms with Gasteiger partial charge in [-0.2, -0.15) is 4.98 Å². The summed E-state index contributed by atoms with van der Waals surface area (Å²) >= 11 is 11.8. The molecular weight excluding hydrogens is 493 g/mol. The molecule has 0 saturated carbocycles. The molecule has 34 heavy (non-hydrogen) atoms.